The number of benzene rings is 5. The van der Waals surface area contributed by atoms with Crippen LogP contribution in [0.4, 0.5) is 5.69 Å². The lowest BCUT2D eigenvalue weighted by Gasteiger charge is -2.36. The number of anilines is 1. The maximum atomic E-state index is 14.8. The zero-order chi connectivity index (χ0) is 40.7. The monoisotopic (exact) mass is 793 g/mol. The lowest BCUT2D eigenvalue weighted by atomic mass is 9.86. The summed E-state index contributed by atoms with van der Waals surface area (Å²) in [4.78, 5) is 54.8. The average Bonchev–Trinajstić information content (AvgIpc) is 3.21. The van der Waals surface area contributed by atoms with Crippen LogP contribution < -0.4 is 14.8 Å². The van der Waals surface area contributed by atoms with E-state index < -0.39 is 74.8 Å². The number of amides is 2. The third-order valence-electron chi connectivity index (χ3n) is 9.44. The highest BCUT2D eigenvalue weighted by atomic mass is 32.2. The molecule has 15 heteroatoms. The predicted octanol–water partition coefficient (Wildman–Crippen LogP) is 5.48. The highest BCUT2D eigenvalue weighted by Gasteiger charge is 2.34. The number of sulfonamides is 1. The Bertz CT molecular complexity index is 2400. The number of rotatable bonds is 15. The van der Waals surface area contributed by atoms with Crippen LogP contribution >= 0.6 is 0 Å². The summed E-state index contributed by atoms with van der Waals surface area (Å²) in [6.07, 6.45) is 0.949. The topological polar surface area (TPSA) is 220 Å². The number of carboxylic acid groups (broad SMARTS) is 2. The minimum atomic E-state index is -4.62. The van der Waals surface area contributed by atoms with E-state index in [9.17, 15) is 42.9 Å². The third kappa shape index (κ3) is 9.47. The number of carboxylic acids is 2. The van der Waals surface area contributed by atoms with E-state index in [1.54, 1.807) is 41.1 Å². The molecule has 1 aliphatic carbocycles. The Morgan fingerprint density at radius 1 is 0.772 bits per heavy atom. The SMILES string of the molecule is O=C(O)c1cc(C(=O)N(Cc2cccc(Oc3ccccc3)c2)[C@H]2CCCc3ccccc32)c(C(=O)O)cc1C(=O)NS(=O)(=O)c1ccc(NCC(O)CO)cc1. The van der Waals surface area contributed by atoms with Gasteiger partial charge in [-0.15, -0.1) is 0 Å². The number of aromatic carboxylic acids is 2. The fourth-order valence-corrected chi connectivity index (χ4v) is 7.63. The Kier molecular flexibility index (Phi) is 12.3. The highest BCUT2D eigenvalue weighted by Crippen LogP contribution is 2.37. The Morgan fingerprint density at radius 2 is 1.42 bits per heavy atom. The molecule has 0 fully saturated rings. The second kappa shape index (κ2) is 17.5. The Labute approximate surface area is 328 Å². The van der Waals surface area contributed by atoms with Gasteiger partial charge in [-0.25, -0.2) is 22.7 Å². The Morgan fingerprint density at radius 3 is 2.12 bits per heavy atom. The summed E-state index contributed by atoms with van der Waals surface area (Å²) in [6.45, 7) is -0.540. The van der Waals surface area contributed by atoms with Crippen LogP contribution in [-0.4, -0.2) is 76.8 Å². The first-order chi connectivity index (χ1) is 27.3. The normalized spacial score (nSPS) is 14.1. The minimum Gasteiger partial charge on any atom is -0.478 e. The Balaban J connectivity index is 1.35. The van der Waals surface area contributed by atoms with Gasteiger partial charge in [-0.2, -0.15) is 0 Å². The van der Waals surface area contributed by atoms with Gasteiger partial charge >= 0.3 is 11.9 Å². The summed E-state index contributed by atoms with van der Waals surface area (Å²) < 4.78 is 34.3. The predicted molar refractivity (Wildman–Crippen MR) is 208 cm³/mol. The molecule has 5 aromatic rings. The second-order valence-electron chi connectivity index (χ2n) is 13.3. The van der Waals surface area contributed by atoms with E-state index in [1.807, 2.05) is 42.5 Å². The van der Waals surface area contributed by atoms with Crippen molar-refractivity contribution < 1.29 is 52.8 Å². The van der Waals surface area contributed by atoms with Crippen LogP contribution in [0, 0.1) is 0 Å². The Hall–Kier alpha value is -6.55. The van der Waals surface area contributed by atoms with Crippen molar-refractivity contribution in [1.82, 2.24) is 9.62 Å². The molecule has 2 atom stereocenters. The first-order valence-corrected chi connectivity index (χ1v) is 19.4. The average molecular weight is 794 g/mol. The smallest absolute Gasteiger partial charge is 0.336 e. The van der Waals surface area contributed by atoms with Gasteiger partial charge in [0, 0.05) is 18.8 Å². The number of aliphatic hydroxyl groups excluding tert-OH is 2. The molecule has 0 saturated heterocycles. The van der Waals surface area contributed by atoms with Gasteiger partial charge in [-0.3, -0.25) is 9.59 Å². The summed E-state index contributed by atoms with van der Waals surface area (Å²) >= 11 is 0. The molecule has 1 unspecified atom stereocenters. The highest BCUT2D eigenvalue weighted by molar-refractivity contribution is 7.90. The molecule has 6 N–H and O–H groups in total. The number of nitrogens with zero attached hydrogens (tertiary/aromatic N) is 1. The van der Waals surface area contributed by atoms with Gasteiger partial charge in [0.1, 0.15) is 11.5 Å². The van der Waals surface area contributed by atoms with Gasteiger partial charge < -0.3 is 35.4 Å². The largest absolute Gasteiger partial charge is 0.478 e. The van der Waals surface area contributed by atoms with Gasteiger partial charge in [0.25, 0.3) is 21.8 Å². The van der Waals surface area contributed by atoms with Crippen molar-refractivity contribution in [3.63, 3.8) is 0 Å². The number of para-hydroxylation sites is 1. The van der Waals surface area contributed by atoms with E-state index in [1.165, 1.54) is 17.0 Å². The number of aliphatic hydroxyl groups is 2. The molecule has 1 aliphatic rings. The van der Waals surface area contributed by atoms with Crippen molar-refractivity contribution in [2.45, 2.75) is 42.8 Å². The quantitative estimate of drug-likeness (QED) is 0.0777. The number of hydrogen-bond acceptors (Lipinski definition) is 10. The number of ether oxygens (including phenoxy) is 1. The third-order valence-corrected chi connectivity index (χ3v) is 10.8. The number of hydrogen-bond donors (Lipinski definition) is 6. The maximum absolute atomic E-state index is 14.8. The molecular formula is C42H39N3O11S. The first-order valence-electron chi connectivity index (χ1n) is 17.9. The fourth-order valence-electron chi connectivity index (χ4n) is 6.67. The number of carbonyl (C=O) groups excluding carboxylic acids is 2. The lowest BCUT2D eigenvalue weighted by Crippen LogP contribution is -2.37. The molecule has 6 rings (SSSR count). The summed E-state index contributed by atoms with van der Waals surface area (Å²) in [5.74, 6) is -4.52. The van der Waals surface area contributed by atoms with Crippen LogP contribution in [0.1, 0.15) is 77.0 Å². The maximum Gasteiger partial charge on any atom is 0.336 e. The van der Waals surface area contributed by atoms with E-state index >= 15 is 0 Å². The molecule has 294 valence electrons. The van der Waals surface area contributed by atoms with Gasteiger partial charge in [0.05, 0.1) is 45.9 Å². The molecule has 5 aromatic carbocycles. The van der Waals surface area contributed by atoms with Gasteiger partial charge in [-0.1, -0.05) is 54.6 Å². The summed E-state index contributed by atoms with van der Waals surface area (Å²) in [5, 5.41) is 42.0. The number of carbonyl (C=O) groups is 4. The molecule has 0 heterocycles. The summed E-state index contributed by atoms with van der Waals surface area (Å²) in [6, 6.07) is 29.7. The molecule has 0 radical (unpaired) electrons. The van der Waals surface area contributed by atoms with E-state index in [-0.39, 0.29) is 18.0 Å². The minimum absolute atomic E-state index is 0.0235. The van der Waals surface area contributed by atoms with Crippen LogP contribution in [0.15, 0.2) is 120 Å². The number of nitrogens with one attached hydrogen (secondary N) is 2. The molecule has 2 amide bonds. The molecule has 0 aliphatic heterocycles. The number of aryl methyl sites for hydroxylation is 1. The van der Waals surface area contributed by atoms with Crippen LogP contribution in [0.5, 0.6) is 11.5 Å². The molecule has 57 heavy (non-hydrogen) atoms. The second-order valence-corrected chi connectivity index (χ2v) is 15.0. The van der Waals surface area contributed by atoms with Crippen LogP contribution in [0.25, 0.3) is 0 Å². The van der Waals surface area contributed by atoms with Crippen molar-refractivity contribution in [3.8, 4) is 11.5 Å². The molecule has 14 nitrogen and oxygen atoms in total. The van der Waals surface area contributed by atoms with Crippen molar-refractivity contribution in [2.75, 3.05) is 18.5 Å². The summed E-state index contributed by atoms with van der Waals surface area (Å²) in [5.41, 5.74) is 0.108. The van der Waals surface area contributed by atoms with Crippen molar-refractivity contribution in [1.29, 1.82) is 0 Å². The fraction of sp³-hybridized carbons (Fsp3) is 0.190. The van der Waals surface area contributed by atoms with Crippen LogP contribution in [0.2, 0.25) is 0 Å². The van der Waals surface area contributed by atoms with E-state index in [2.05, 4.69) is 5.32 Å². The lowest BCUT2D eigenvalue weighted by molar-refractivity contribution is 0.0614. The molecular weight excluding hydrogens is 755 g/mol. The van der Waals surface area contributed by atoms with Crippen LogP contribution in [0.3, 0.4) is 0 Å². The molecule has 0 saturated carbocycles. The first kappa shape index (κ1) is 40.1. The zero-order valence-corrected chi connectivity index (χ0v) is 31.2. The molecule has 0 spiro atoms. The van der Waals surface area contributed by atoms with E-state index in [4.69, 9.17) is 9.84 Å². The number of fused-ring (bicyclic) bond motifs is 1. The standard InChI is InChI=1S/C42H39N3O11S/c46-25-29(47)23-43-28-16-18-32(19-17-28)57(54,55)44-39(48)34-21-37(42(52)53)35(22-36(34)41(50)51)40(49)45(38-15-7-10-27-9-4-5-14-33(27)38)24-26-8-6-13-31(20-26)56-30-11-2-1-3-12-30/h1-6,8-9,11-14,16-22,29,38,43,46-47H,7,10,15,23-25H2,(H,44,48)(H,50,51)(H,52,53)/t29?,38-/m0/s1. The van der Waals surface area contributed by atoms with Crippen LogP contribution in [-0.2, 0) is 23.0 Å². The summed E-state index contributed by atoms with van der Waals surface area (Å²) in [7, 11) is -4.62. The van der Waals surface area contributed by atoms with Gasteiger partial charge in [0.2, 0.25) is 0 Å². The van der Waals surface area contributed by atoms with Gasteiger partial charge in [0.15, 0.2) is 0 Å². The van der Waals surface area contributed by atoms with Crippen molar-refractivity contribution in [3.05, 3.63) is 154 Å². The van der Waals surface area contributed by atoms with Gasteiger partial charge in [-0.05, 0) is 96.6 Å². The van der Waals surface area contributed by atoms with Crippen molar-refractivity contribution in [2.24, 2.45) is 0 Å². The molecule has 0 aromatic heterocycles. The zero-order valence-electron chi connectivity index (χ0n) is 30.4. The van der Waals surface area contributed by atoms with E-state index in [0.29, 0.717) is 41.7 Å². The molecule has 0 bridgehead atoms. The van der Waals surface area contributed by atoms with E-state index in [0.717, 1.165) is 35.7 Å². The van der Waals surface area contributed by atoms with Crippen molar-refractivity contribution >= 4 is 39.5 Å².